The van der Waals surface area contributed by atoms with Crippen LogP contribution in [0.15, 0.2) is 30.6 Å². The minimum atomic E-state index is 0.438. The molecule has 4 aromatic rings. The molecule has 2 N–H and O–H groups in total. The molecule has 0 atom stereocenters. The highest BCUT2D eigenvalue weighted by Gasteiger charge is 2.21. The Bertz CT molecular complexity index is 1300. The Morgan fingerprint density at radius 1 is 1.03 bits per heavy atom. The molecule has 10 heteroatoms. The summed E-state index contributed by atoms with van der Waals surface area (Å²) in [5, 5.41) is 6.92. The zero-order chi connectivity index (χ0) is 23.6. The van der Waals surface area contributed by atoms with Crippen LogP contribution < -0.4 is 10.6 Å². The lowest BCUT2D eigenvalue weighted by molar-refractivity contribution is 0.0398. The molecular weight excluding hydrogens is 442 g/mol. The molecule has 0 spiro atoms. The molecular formula is C25H33N9O. The number of nitrogens with zero attached hydrogens (tertiary/aromatic N) is 7. The van der Waals surface area contributed by atoms with Crippen LogP contribution in [0.4, 0.5) is 17.7 Å². The zero-order valence-electron chi connectivity index (χ0n) is 20.3. The number of rotatable bonds is 7. The van der Waals surface area contributed by atoms with E-state index in [-0.39, 0.29) is 0 Å². The van der Waals surface area contributed by atoms with Gasteiger partial charge in [-0.05, 0) is 25.0 Å². The van der Waals surface area contributed by atoms with Crippen molar-refractivity contribution >= 4 is 39.9 Å². The normalized spacial score (nSPS) is 17.9. The Hall–Kier alpha value is -3.24. The highest BCUT2D eigenvalue weighted by Crippen LogP contribution is 2.32. The minimum Gasteiger partial charge on any atom is -0.379 e. The first-order valence-corrected chi connectivity index (χ1v) is 12.7. The van der Waals surface area contributed by atoms with Crippen LogP contribution in [0.5, 0.6) is 0 Å². The lowest BCUT2D eigenvalue weighted by atomic mass is 9.95. The summed E-state index contributed by atoms with van der Waals surface area (Å²) in [7, 11) is 2.00. The number of aryl methyl sites for hydroxylation is 1. The van der Waals surface area contributed by atoms with Gasteiger partial charge in [0.25, 0.3) is 0 Å². The first-order chi connectivity index (χ1) is 17.3. The number of nitrogens with one attached hydrogen (secondary N) is 2. The molecule has 2 fully saturated rings. The molecule has 0 amide bonds. The number of ether oxygens (including phenoxy) is 1. The summed E-state index contributed by atoms with van der Waals surface area (Å²) in [5.41, 5.74) is 3.71. The number of anilines is 3. The lowest BCUT2D eigenvalue weighted by Crippen LogP contribution is -2.39. The molecule has 1 aromatic carbocycles. The van der Waals surface area contributed by atoms with Gasteiger partial charge in [-0.2, -0.15) is 9.97 Å². The molecule has 1 aliphatic heterocycles. The Labute approximate surface area is 204 Å². The predicted molar refractivity (Wildman–Crippen MR) is 137 cm³/mol. The topological polar surface area (TPSA) is 98.0 Å². The third-order valence-corrected chi connectivity index (χ3v) is 7.22. The molecule has 4 heterocycles. The molecule has 6 rings (SSSR count). The van der Waals surface area contributed by atoms with Crippen molar-refractivity contribution in [3.63, 3.8) is 0 Å². The number of para-hydroxylation sites is 2. The Kier molecular flexibility index (Phi) is 6.22. The largest absolute Gasteiger partial charge is 0.379 e. The van der Waals surface area contributed by atoms with Crippen molar-refractivity contribution in [1.29, 1.82) is 0 Å². The molecule has 2 aliphatic rings. The van der Waals surface area contributed by atoms with Gasteiger partial charge in [0.1, 0.15) is 0 Å². The fourth-order valence-corrected chi connectivity index (χ4v) is 5.24. The van der Waals surface area contributed by atoms with E-state index in [0.717, 1.165) is 67.4 Å². The number of morpholine rings is 1. The van der Waals surface area contributed by atoms with Crippen molar-refractivity contribution in [2.75, 3.05) is 50.0 Å². The second kappa shape index (κ2) is 9.79. The first-order valence-electron chi connectivity index (χ1n) is 12.7. The van der Waals surface area contributed by atoms with Gasteiger partial charge in [0.05, 0.1) is 30.6 Å². The molecule has 3 aromatic heterocycles. The van der Waals surface area contributed by atoms with Crippen LogP contribution in [-0.2, 0) is 11.8 Å². The van der Waals surface area contributed by atoms with Gasteiger partial charge < -0.3 is 19.2 Å². The van der Waals surface area contributed by atoms with Crippen molar-refractivity contribution in [2.45, 2.75) is 38.1 Å². The number of fused-ring (bicyclic) bond motifs is 2. The Balaban J connectivity index is 1.32. The Morgan fingerprint density at radius 3 is 2.69 bits per heavy atom. The first kappa shape index (κ1) is 22.2. The van der Waals surface area contributed by atoms with Crippen molar-refractivity contribution in [1.82, 2.24) is 34.0 Å². The van der Waals surface area contributed by atoms with E-state index in [2.05, 4.69) is 26.2 Å². The Morgan fingerprint density at radius 2 is 1.86 bits per heavy atom. The van der Waals surface area contributed by atoms with Gasteiger partial charge in [0.15, 0.2) is 17.0 Å². The van der Waals surface area contributed by atoms with E-state index in [0.29, 0.717) is 17.9 Å². The maximum absolute atomic E-state index is 5.47. The number of hydrogen-bond acceptors (Lipinski definition) is 8. The van der Waals surface area contributed by atoms with Crippen LogP contribution >= 0.6 is 0 Å². The summed E-state index contributed by atoms with van der Waals surface area (Å²) in [6.45, 7) is 5.26. The molecule has 0 bridgehead atoms. The van der Waals surface area contributed by atoms with E-state index >= 15 is 0 Å². The second-order valence-electron chi connectivity index (χ2n) is 9.50. The molecule has 0 radical (unpaired) electrons. The van der Waals surface area contributed by atoms with Crippen LogP contribution in [-0.4, -0.2) is 73.4 Å². The molecule has 1 saturated carbocycles. The smallest absolute Gasteiger partial charge is 0.233 e. The van der Waals surface area contributed by atoms with Crippen LogP contribution in [0.1, 0.15) is 38.1 Å². The molecule has 1 saturated heterocycles. The lowest BCUT2D eigenvalue weighted by Gasteiger charge is -2.26. The summed E-state index contributed by atoms with van der Waals surface area (Å²) in [4.78, 5) is 21.7. The monoisotopic (exact) mass is 475 g/mol. The molecule has 35 heavy (non-hydrogen) atoms. The number of imidazole rings is 2. The van der Waals surface area contributed by atoms with E-state index in [4.69, 9.17) is 24.7 Å². The van der Waals surface area contributed by atoms with Crippen molar-refractivity contribution in [2.24, 2.45) is 7.05 Å². The van der Waals surface area contributed by atoms with Gasteiger partial charge in [-0.1, -0.05) is 31.4 Å². The molecule has 1 aliphatic carbocycles. The van der Waals surface area contributed by atoms with Gasteiger partial charge in [0.2, 0.25) is 11.9 Å². The van der Waals surface area contributed by atoms with E-state index < -0.39 is 0 Å². The van der Waals surface area contributed by atoms with Crippen molar-refractivity contribution in [3.8, 4) is 0 Å². The maximum atomic E-state index is 5.47. The minimum absolute atomic E-state index is 0.438. The number of hydrogen-bond donors (Lipinski definition) is 2. The van der Waals surface area contributed by atoms with E-state index in [1.807, 2.05) is 36.1 Å². The van der Waals surface area contributed by atoms with Gasteiger partial charge in [-0.15, -0.1) is 0 Å². The van der Waals surface area contributed by atoms with E-state index in [1.165, 1.54) is 32.1 Å². The summed E-state index contributed by atoms with van der Waals surface area (Å²) in [6, 6.07) is 8.54. The number of aromatic nitrogens is 6. The third-order valence-electron chi connectivity index (χ3n) is 7.22. The van der Waals surface area contributed by atoms with Crippen molar-refractivity contribution < 1.29 is 4.74 Å². The molecule has 184 valence electrons. The van der Waals surface area contributed by atoms with Gasteiger partial charge >= 0.3 is 0 Å². The zero-order valence-corrected chi connectivity index (χ0v) is 20.3. The maximum Gasteiger partial charge on any atom is 0.233 e. The van der Waals surface area contributed by atoms with Crippen LogP contribution in [0, 0.1) is 0 Å². The average Bonchev–Trinajstić information content (AvgIpc) is 3.47. The fraction of sp³-hybridized carbons (Fsp3) is 0.520. The summed E-state index contributed by atoms with van der Waals surface area (Å²) < 4.78 is 9.76. The van der Waals surface area contributed by atoms with Crippen molar-refractivity contribution in [3.05, 3.63) is 30.6 Å². The standard InChI is InChI=1S/C25H33N9O/c1-32-20-10-6-5-9-19(20)28-25(32)31-24-29-22(26-11-12-33-13-15-35-16-14-33)21-23(30-24)34(17-27-21)18-7-3-2-4-8-18/h5-6,9-10,17-18H,2-4,7-8,11-16H2,1H3,(H2,26,28,29,30,31). The SMILES string of the molecule is Cn1c(Nc2nc(NCCN3CCOCC3)c3ncn(C4CCCCC4)c3n2)nc2ccccc21. The summed E-state index contributed by atoms with van der Waals surface area (Å²) in [5.74, 6) is 2.01. The highest BCUT2D eigenvalue weighted by molar-refractivity contribution is 5.85. The van der Waals surface area contributed by atoms with Gasteiger partial charge in [0, 0.05) is 39.3 Å². The van der Waals surface area contributed by atoms with E-state index in [1.54, 1.807) is 0 Å². The quantitative estimate of drug-likeness (QED) is 0.418. The van der Waals surface area contributed by atoms with Crippen LogP contribution in [0.3, 0.4) is 0 Å². The summed E-state index contributed by atoms with van der Waals surface area (Å²) >= 11 is 0. The third kappa shape index (κ3) is 4.55. The molecule has 10 nitrogen and oxygen atoms in total. The van der Waals surface area contributed by atoms with E-state index in [9.17, 15) is 0 Å². The second-order valence-corrected chi connectivity index (χ2v) is 9.50. The van der Waals surface area contributed by atoms with Gasteiger partial charge in [-0.3, -0.25) is 10.2 Å². The molecule has 0 unspecified atom stereocenters. The van der Waals surface area contributed by atoms with Gasteiger partial charge in [-0.25, -0.2) is 9.97 Å². The fourth-order valence-electron chi connectivity index (χ4n) is 5.24. The highest BCUT2D eigenvalue weighted by atomic mass is 16.5. The summed E-state index contributed by atoms with van der Waals surface area (Å²) in [6.07, 6.45) is 8.11. The average molecular weight is 476 g/mol. The van der Waals surface area contributed by atoms with Crippen LogP contribution in [0.2, 0.25) is 0 Å². The van der Waals surface area contributed by atoms with Crippen LogP contribution in [0.25, 0.3) is 22.2 Å². The number of benzene rings is 1. The predicted octanol–water partition coefficient (Wildman–Crippen LogP) is 3.71.